The number of rotatable bonds is 10. The van der Waals surface area contributed by atoms with E-state index in [1.165, 1.54) is 15.4 Å². The highest BCUT2D eigenvalue weighted by molar-refractivity contribution is 6.46. The Morgan fingerprint density at radius 3 is 1.25 bits per heavy atom. The van der Waals surface area contributed by atoms with Gasteiger partial charge >= 0.3 is 0 Å². The monoisotopic (exact) mass is 914 g/mol. The summed E-state index contributed by atoms with van der Waals surface area (Å²) in [5, 5.41) is 5.70. The molecule has 0 saturated heterocycles. The zero-order valence-corrected chi connectivity index (χ0v) is 42.3. The van der Waals surface area contributed by atoms with Crippen molar-refractivity contribution in [2.45, 2.75) is 126 Å². The van der Waals surface area contributed by atoms with Crippen LogP contribution in [0.1, 0.15) is 189 Å². The quantitative estimate of drug-likeness (QED) is 0.0775. The number of carbonyl (C=O) groups is 4. The Morgan fingerprint density at radius 1 is 0.435 bits per heavy atom. The number of amides is 4. The van der Waals surface area contributed by atoms with Gasteiger partial charge in [0.05, 0.1) is 16.9 Å². The number of nitrogens with zero attached hydrogens (tertiary/aromatic N) is 2. The number of carbonyl (C=O) groups excluding carboxylic acids is 4. The summed E-state index contributed by atoms with van der Waals surface area (Å²) in [5.74, 6) is -0.291. The van der Waals surface area contributed by atoms with E-state index in [2.05, 4.69) is 102 Å². The SMILES string of the molecule is CC(C)c1cccc(C(C)C)c1N1C(=O)c2ccc3c4ccc5c6c(cc(Oc7ccc(C(C)(C)CC(C)(C)C)cc7)c(c7ccc(c2c37)C1=O)c64)C(=O)N(c1c(C(C)C)cccc1C(C)C)C5=O. The van der Waals surface area contributed by atoms with Crippen molar-refractivity contribution in [3.63, 3.8) is 0 Å². The minimum absolute atomic E-state index is 0.0398. The van der Waals surface area contributed by atoms with Gasteiger partial charge in [0.2, 0.25) is 0 Å². The van der Waals surface area contributed by atoms with Gasteiger partial charge in [0.25, 0.3) is 23.6 Å². The Morgan fingerprint density at radius 2 is 0.826 bits per heavy atom. The maximum absolute atomic E-state index is 15.5. The molecule has 2 aliphatic heterocycles. The number of fused-ring (bicyclic) bond motifs is 2. The van der Waals surface area contributed by atoms with E-state index in [1.54, 1.807) is 0 Å². The lowest BCUT2D eigenvalue weighted by atomic mass is 9.72. The second kappa shape index (κ2) is 16.1. The van der Waals surface area contributed by atoms with Crippen LogP contribution in [-0.4, -0.2) is 23.6 Å². The third-order valence-corrected chi connectivity index (χ3v) is 14.7. The third-order valence-electron chi connectivity index (χ3n) is 14.7. The van der Waals surface area contributed by atoms with Crippen molar-refractivity contribution < 1.29 is 23.9 Å². The molecule has 2 heterocycles. The van der Waals surface area contributed by atoms with Crippen molar-refractivity contribution in [1.29, 1.82) is 0 Å². The maximum Gasteiger partial charge on any atom is 0.266 e. The first kappa shape index (κ1) is 45.9. The predicted molar refractivity (Wildman–Crippen MR) is 283 cm³/mol. The fourth-order valence-electron chi connectivity index (χ4n) is 11.9. The number of para-hydroxylation sites is 2. The Hall–Kier alpha value is -6.86. The molecule has 0 atom stereocenters. The van der Waals surface area contributed by atoms with Crippen LogP contribution < -0.4 is 14.5 Å². The molecular weight excluding hydrogens is 853 g/mol. The molecule has 7 heteroatoms. The first-order valence-corrected chi connectivity index (χ1v) is 24.7. The highest BCUT2D eigenvalue weighted by Gasteiger charge is 2.41. The summed E-state index contributed by atoms with van der Waals surface area (Å²) >= 11 is 0. The average Bonchev–Trinajstić information content (AvgIpc) is 3.29. The molecule has 4 amide bonds. The largest absolute Gasteiger partial charge is 0.457 e. The molecule has 0 N–H and O–H groups in total. The molecule has 0 unspecified atom stereocenters. The topological polar surface area (TPSA) is 84.0 Å². The second-order valence-corrected chi connectivity index (χ2v) is 22.6. The van der Waals surface area contributed by atoms with E-state index in [0.29, 0.717) is 61.3 Å². The average molecular weight is 915 g/mol. The van der Waals surface area contributed by atoms with Gasteiger partial charge in [-0.2, -0.15) is 0 Å². The summed E-state index contributed by atoms with van der Waals surface area (Å²) < 4.78 is 7.05. The molecule has 69 heavy (non-hydrogen) atoms. The molecule has 0 saturated carbocycles. The summed E-state index contributed by atoms with van der Waals surface area (Å²) in [4.78, 5) is 63.6. The molecular formula is C62H62N2O5. The van der Waals surface area contributed by atoms with Gasteiger partial charge in [-0.3, -0.25) is 19.2 Å². The highest BCUT2D eigenvalue weighted by atomic mass is 16.5. The molecule has 2 aliphatic rings. The van der Waals surface area contributed by atoms with E-state index in [0.717, 1.165) is 55.6 Å². The van der Waals surface area contributed by atoms with Crippen LogP contribution in [0, 0.1) is 5.41 Å². The number of anilines is 2. The van der Waals surface area contributed by atoms with Crippen molar-refractivity contribution in [3.8, 4) is 11.5 Å². The van der Waals surface area contributed by atoms with Gasteiger partial charge in [-0.25, -0.2) is 9.80 Å². The van der Waals surface area contributed by atoms with Crippen molar-refractivity contribution in [1.82, 2.24) is 0 Å². The zero-order valence-electron chi connectivity index (χ0n) is 42.3. The summed E-state index contributed by atoms with van der Waals surface area (Å²) in [7, 11) is 0. The van der Waals surface area contributed by atoms with E-state index in [-0.39, 0.29) is 52.2 Å². The van der Waals surface area contributed by atoms with Crippen molar-refractivity contribution in [3.05, 3.63) is 153 Å². The predicted octanol–water partition coefficient (Wildman–Crippen LogP) is 16.3. The molecule has 8 aromatic rings. The Labute approximate surface area is 405 Å². The lowest BCUT2D eigenvalue weighted by Gasteiger charge is -2.34. The molecule has 7 nitrogen and oxygen atoms in total. The molecule has 0 fully saturated rings. The van der Waals surface area contributed by atoms with Gasteiger partial charge in [-0.05, 0) is 127 Å². The van der Waals surface area contributed by atoms with Gasteiger partial charge in [0.15, 0.2) is 0 Å². The summed E-state index contributed by atoms with van der Waals surface area (Å²) in [6, 6.07) is 33.5. The van der Waals surface area contributed by atoms with Gasteiger partial charge in [-0.1, -0.05) is 157 Å². The van der Waals surface area contributed by atoms with Crippen molar-refractivity contribution >= 4 is 78.1 Å². The zero-order chi connectivity index (χ0) is 49.3. The van der Waals surface area contributed by atoms with Crippen LogP contribution in [0.15, 0.2) is 103 Å². The lowest BCUT2D eigenvalue weighted by molar-refractivity contribution is 0.0877. The van der Waals surface area contributed by atoms with Crippen molar-refractivity contribution in [2.24, 2.45) is 5.41 Å². The molecule has 0 spiro atoms. The van der Waals surface area contributed by atoms with Crippen LogP contribution in [0.2, 0.25) is 0 Å². The number of imide groups is 2. The highest BCUT2D eigenvalue weighted by Crippen LogP contribution is 2.52. The number of benzene rings is 8. The standard InChI is InChI=1S/C62H62N2O5/c1-32(2)38-16-14-17-39(33(3)4)55(38)63-57(65)45-27-24-42-43-25-28-47-52-48(60(68)64(59(47)67)56-40(34(5)6)18-15-19-41(56)35(7)8)30-49(53(54(43)52)44-26-29-46(58(63)66)51(45)50(42)44)69-37-22-20-36(21-23-37)62(12,13)31-61(9,10)11/h14-30,32-35H,31H2,1-13H3. The first-order chi connectivity index (χ1) is 32.6. The first-order valence-electron chi connectivity index (χ1n) is 24.7. The number of hydrogen-bond donors (Lipinski definition) is 0. The molecule has 8 aromatic carbocycles. The minimum atomic E-state index is -0.412. The van der Waals surface area contributed by atoms with E-state index < -0.39 is 5.91 Å². The normalized spacial score (nSPS) is 14.5. The van der Waals surface area contributed by atoms with Crippen LogP contribution in [0.4, 0.5) is 11.4 Å². The molecule has 0 aliphatic carbocycles. The van der Waals surface area contributed by atoms with Crippen molar-refractivity contribution in [2.75, 3.05) is 9.80 Å². The minimum Gasteiger partial charge on any atom is -0.457 e. The van der Waals surface area contributed by atoms with Gasteiger partial charge in [0.1, 0.15) is 11.5 Å². The fraction of sp³-hybridized carbons (Fsp3) is 0.323. The summed E-state index contributed by atoms with van der Waals surface area (Å²) in [6.45, 7) is 28.0. The molecule has 0 bridgehead atoms. The smallest absolute Gasteiger partial charge is 0.266 e. The second-order valence-electron chi connectivity index (χ2n) is 22.6. The molecule has 0 radical (unpaired) electrons. The van der Waals surface area contributed by atoms with E-state index in [1.807, 2.05) is 91.0 Å². The molecule has 350 valence electrons. The van der Waals surface area contributed by atoms with E-state index >= 15 is 19.2 Å². The summed E-state index contributed by atoms with van der Waals surface area (Å²) in [5.41, 5.74) is 7.91. The van der Waals surface area contributed by atoms with Crippen LogP contribution in [0.25, 0.3) is 43.1 Å². The Bertz CT molecular complexity index is 3420. The van der Waals surface area contributed by atoms with E-state index in [4.69, 9.17) is 4.74 Å². The number of ether oxygens (including phenoxy) is 1. The van der Waals surface area contributed by atoms with Gasteiger partial charge in [-0.15, -0.1) is 0 Å². The molecule has 0 aromatic heterocycles. The summed E-state index contributed by atoms with van der Waals surface area (Å²) in [6.07, 6.45) is 0.985. The lowest BCUT2D eigenvalue weighted by Crippen LogP contribution is -2.42. The Kier molecular flexibility index (Phi) is 10.7. The van der Waals surface area contributed by atoms with Gasteiger partial charge in [0, 0.05) is 38.2 Å². The maximum atomic E-state index is 15.5. The molecule has 10 rings (SSSR count). The van der Waals surface area contributed by atoms with Crippen LogP contribution in [-0.2, 0) is 5.41 Å². The Balaban J connectivity index is 1.25. The van der Waals surface area contributed by atoms with Crippen LogP contribution >= 0.6 is 0 Å². The van der Waals surface area contributed by atoms with E-state index in [9.17, 15) is 0 Å². The van der Waals surface area contributed by atoms with Crippen LogP contribution in [0.5, 0.6) is 11.5 Å². The fourth-order valence-corrected chi connectivity index (χ4v) is 11.9. The number of hydrogen-bond acceptors (Lipinski definition) is 5. The van der Waals surface area contributed by atoms with Gasteiger partial charge < -0.3 is 4.74 Å². The van der Waals surface area contributed by atoms with Crippen LogP contribution in [0.3, 0.4) is 0 Å². The third kappa shape index (κ3) is 7.05.